The lowest BCUT2D eigenvalue weighted by Crippen LogP contribution is -2.21. The van der Waals surface area contributed by atoms with E-state index in [1.165, 1.54) is 5.56 Å². The average molecular weight is 178 g/mol. The summed E-state index contributed by atoms with van der Waals surface area (Å²) in [4.78, 5) is 0. The molecule has 13 heavy (non-hydrogen) atoms. The summed E-state index contributed by atoms with van der Waals surface area (Å²) in [6, 6.07) is 10.5. The van der Waals surface area contributed by atoms with E-state index in [4.69, 9.17) is 4.74 Å². The molecule has 0 aliphatic rings. The molecule has 0 radical (unpaired) electrons. The van der Waals surface area contributed by atoms with Crippen LogP contribution in [-0.4, -0.2) is 13.7 Å². The Labute approximate surface area is 80.7 Å². The fourth-order valence-electron chi connectivity index (χ4n) is 1.59. The molecule has 1 rings (SSSR count). The first-order chi connectivity index (χ1) is 6.14. The Balaban J connectivity index is 2.58. The molecule has 1 nitrogen and oxygen atoms in total. The van der Waals surface area contributed by atoms with Crippen LogP contribution >= 0.6 is 0 Å². The van der Waals surface area contributed by atoms with Crippen LogP contribution in [-0.2, 0) is 11.2 Å². The van der Waals surface area contributed by atoms with Crippen molar-refractivity contribution in [2.24, 2.45) is 5.41 Å². The fraction of sp³-hybridized carbons (Fsp3) is 0.500. The Bertz CT molecular complexity index is 239. The molecule has 1 heteroatoms. The van der Waals surface area contributed by atoms with Gasteiger partial charge in [0.05, 0.1) is 6.61 Å². The third-order valence-corrected chi connectivity index (χ3v) is 2.06. The molecule has 1 aromatic carbocycles. The first-order valence-corrected chi connectivity index (χ1v) is 4.67. The second kappa shape index (κ2) is 4.43. The van der Waals surface area contributed by atoms with Crippen molar-refractivity contribution in [2.45, 2.75) is 20.3 Å². The lowest BCUT2D eigenvalue weighted by atomic mass is 9.87. The van der Waals surface area contributed by atoms with Gasteiger partial charge in [0, 0.05) is 7.11 Å². The highest BCUT2D eigenvalue weighted by Crippen LogP contribution is 2.21. The third kappa shape index (κ3) is 3.60. The number of benzene rings is 1. The fourth-order valence-corrected chi connectivity index (χ4v) is 1.59. The number of methoxy groups -OCH3 is 1. The third-order valence-electron chi connectivity index (χ3n) is 2.06. The topological polar surface area (TPSA) is 9.23 Å². The van der Waals surface area contributed by atoms with Crippen LogP contribution in [0.3, 0.4) is 0 Å². The Morgan fingerprint density at radius 2 is 1.77 bits per heavy atom. The maximum Gasteiger partial charge on any atom is 0.0516 e. The Morgan fingerprint density at radius 3 is 2.31 bits per heavy atom. The van der Waals surface area contributed by atoms with E-state index in [1.807, 2.05) is 6.07 Å². The van der Waals surface area contributed by atoms with Gasteiger partial charge in [-0.3, -0.25) is 0 Å². The monoisotopic (exact) mass is 178 g/mol. The van der Waals surface area contributed by atoms with E-state index in [1.54, 1.807) is 7.11 Å². The van der Waals surface area contributed by atoms with Crippen molar-refractivity contribution in [3.8, 4) is 0 Å². The van der Waals surface area contributed by atoms with Crippen molar-refractivity contribution in [3.63, 3.8) is 0 Å². The highest BCUT2D eigenvalue weighted by atomic mass is 16.5. The molecule has 0 saturated heterocycles. The van der Waals surface area contributed by atoms with Crippen LogP contribution in [0, 0.1) is 5.41 Å². The quantitative estimate of drug-likeness (QED) is 0.689. The molecule has 0 unspecified atom stereocenters. The molecule has 0 spiro atoms. The second-order valence-corrected chi connectivity index (χ2v) is 4.26. The van der Waals surface area contributed by atoms with E-state index in [0.29, 0.717) is 0 Å². The summed E-state index contributed by atoms with van der Waals surface area (Å²) in [5, 5.41) is 0. The summed E-state index contributed by atoms with van der Waals surface area (Å²) >= 11 is 0. The van der Waals surface area contributed by atoms with Gasteiger partial charge in [0.2, 0.25) is 0 Å². The zero-order valence-electron chi connectivity index (χ0n) is 8.71. The molecule has 0 bridgehead atoms. The lowest BCUT2D eigenvalue weighted by molar-refractivity contribution is 0.105. The van der Waals surface area contributed by atoms with Crippen molar-refractivity contribution in [2.75, 3.05) is 13.7 Å². The number of hydrogen-bond acceptors (Lipinski definition) is 1. The molecule has 0 N–H and O–H groups in total. The molecule has 0 aliphatic heterocycles. The molecule has 0 amide bonds. The Hall–Kier alpha value is -0.820. The smallest absolute Gasteiger partial charge is 0.0516 e. The van der Waals surface area contributed by atoms with Crippen LogP contribution in [0.1, 0.15) is 19.4 Å². The molecule has 0 aliphatic carbocycles. The van der Waals surface area contributed by atoms with Gasteiger partial charge in [-0.25, -0.2) is 0 Å². The maximum absolute atomic E-state index is 5.18. The van der Waals surface area contributed by atoms with Gasteiger partial charge in [-0.15, -0.1) is 0 Å². The van der Waals surface area contributed by atoms with Gasteiger partial charge in [0.15, 0.2) is 0 Å². The predicted molar refractivity (Wildman–Crippen MR) is 55.8 cm³/mol. The summed E-state index contributed by atoms with van der Waals surface area (Å²) in [5.41, 5.74) is 1.61. The molecule has 0 aromatic heterocycles. The largest absolute Gasteiger partial charge is 0.384 e. The minimum Gasteiger partial charge on any atom is -0.384 e. The van der Waals surface area contributed by atoms with Gasteiger partial charge in [0.25, 0.3) is 0 Å². The summed E-state index contributed by atoms with van der Waals surface area (Å²) < 4.78 is 5.18. The molecule has 0 atom stereocenters. The summed E-state index contributed by atoms with van der Waals surface area (Å²) in [6.45, 7) is 5.26. The summed E-state index contributed by atoms with van der Waals surface area (Å²) in [7, 11) is 1.76. The first-order valence-electron chi connectivity index (χ1n) is 4.67. The second-order valence-electron chi connectivity index (χ2n) is 4.26. The van der Waals surface area contributed by atoms with E-state index in [2.05, 4.69) is 38.1 Å². The van der Waals surface area contributed by atoms with Gasteiger partial charge < -0.3 is 4.74 Å². The first kappa shape index (κ1) is 10.3. The van der Waals surface area contributed by atoms with E-state index in [0.717, 1.165) is 13.0 Å². The number of ether oxygens (including phenoxy) is 1. The minimum atomic E-state index is 0.232. The van der Waals surface area contributed by atoms with Gasteiger partial charge in [0.1, 0.15) is 0 Å². The van der Waals surface area contributed by atoms with E-state index < -0.39 is 0 Å². The van der Waals surface area contributed by atoms with Crippen LogP contribution in [0.5, 0.6) is 0 Å². The van der Waals surface area contributed by atoms with Crippen molar-refractivity contribution in [1.82, 2.24) is 0 Å². The molecule has 72 valence electrons. The van der Waals surface area contributed by atoms with Crippen molar-refractivity contribution in [1.29, 1.82) is 0 Å². The maximum atomic E-state index is 5.18. The molecule has 0 saturated carbocycles. The van der Waals surface area contributed by atoms with E-state index in [-0.39, 0.29) is 5.41 Å². The molecule has 0 heterocycles. The van der Waals surface area contributed by atoms with Crippen molar-refractivity contribution < 1.29 is 4.74 Å². The van der Waals surface area contributed by atoms with Gasteiger partial charge in [-0.2, -0.15) is 0 Å². The van der Waals surface area contributed by atoms with Crippen LogP contribution in [0.2, 0.25) is 0 Å². The zero-order valence-corrected chi connectivity index (χ0v) is 8.71. The minimum absolute atomic E-state index is 0.232. The highest BCUT2D eigenvalue weighted by molar-refractivity contribution is 5.16. The average Bonchev–Trinajstić information content (AvgIpc) is 2.04. The molecule has 1 aromatic rings. The van der Waals surface area contributed by atoms with Crippen LogP contribution in [0.15, 0.2) is 30.3 Å². The summed E-state index contributed by atoms with van der Waals surface area (Å²) in [5.74, 6) is 0. The van der Waals surface area contributed by atoms with E-state index >= 15 is 0 Å². The number of hydrogen-bond donors (Lipinski definition) is 0. The standard InChI is InChI=1S/C12H18O/c1-12(2,10-13-3)9-11-7-5-4-6-8-11/h4-8H,9-10H2,1-3H3. The highest BCUT2D eigenvalue weighted by Gasteiger charge is 2.17. The van der Waals surface area contributed by atoms with Crippen LogP contribution in [0.25, 0.3) is 0 Å². The zero-order chi connectivity index (χ0) is 9.73. The van der Waals surface area contributed by atoms with Crippen molar-refractivity contribution >= 4 is 0 Å². The molecule has 0 fully saturated rings. The Kier molecular flexibility index (Phi) is 3.49. The van der Waals surface area contributed by atoms with Gasteiger partial charge in [-0.1, -0.05) is 44.2 Å². The SMILES string of the molecule is COCC(C)(C)Cc1ccccc1. The molecular formula is C12H18O. The lowest BCUT2D eigenvalue weighted by Gasteiger charge is -2.23. The van der Waals surface area contributed by atoms with Crippen LogP contribution < -0.4 is 0 Å². The normalized spacial score (nSPS) is 11.6. The summed E-state index contributed by atoms with van der Waals surface area (Å²) in [6.07, 6.45) is 1.07. The Morgan fingerprint density at radius 1 is 1.15 bits per heavy atom. The van der Waals surface area contributed by atoms with Crippen molar-refractivity contribution in [3.05, 3.63) is 35.9 Å². The molecular weight excluding hydrogens is 160 g/mol. The van der Waals surface area contributed by atoms with Crippen LogP contribution in [0.4, 0.5) is 0 Å². The number of rotatable bonds is 4. The predicted octanol–water partition coefficient (Wildman–Crippen LogP) is 2.90. The van der Waals surface area contributed by atoms with E-state index in [9.17, 15) is 0 Å². The van der Waals surface area contributed by atoms with Gasteiger partial charge >= 0.3 is 0 Å². The van der Waals surface area contributed by atoms with Gasteiger partial charge in [-0.05, 0) is 17.4 Å².